The number of carbonyl (C=O) groups is 1. The first-order chi connectivity index (χ1) is 9.89. The number of nitrogens with two attached hydrogens (primary N) is 1. The molecule has 1 unspecified atom stereocenters. The van der Waals surface area contributed by atoms with Crippen molar-refractivity contribution in [3.8, 4) is 0 Å². The molecule has 1 amide bonds. The number of benzene rings is 2. The molecule has 0 saturated heterocycles. The second-order valence-corrected chi connectivity index (χ2v) is 6.28. The summed E-state index contributed by atoms with van der Waals surface area (Å²) in [4.78, 5) is 12.0. The van der Waals surface area contributed by atoms with E-state index in [9.17, 15) is 4.79 Å². The summed E-state index contributed by atoms with van der Waals surface area (Å²) in [5.74, 6) is 0.0405. The van der Waals surface area contributed by atoms with Gasteiger partial charge in [0.2, 0.25) is 5.91 Å². The molecule has 0 radical (unpaired) electrons. The lowest BCUT2D eigenvalue weighted by molar-refractivity contribution is -0.119. The predicted octanol–water partition coefficient (Wildman–Crippen LogP) is 3.27. The van der Waals surface area contributed by atoms with E-state index >= 15 is 0 Å². The molecule has 0 spiro atoms. The van der Waals surface area contributed by atoms with Gasteiger partial charge in [-0.2, -0.15) is 0 Å². The highest BCUT2D eigenvalue weighted by Crippen LogP contribution is 2.38. The van der Waals surface area contributed by atoms with Crippen LogP contribution in [0.3, 0.4) is 0 Å². The molecule has 1 heterocycles. The van der Waals surface area contributed by atoms with Gasteiger partial charge >= 0.3 is 0 Å². The molecule has 108 valence electrons. The zero-order valence-corrected chi connectivity index (χ0v) is 12.6. The van der Waals surface area contributed by atoms with Crippen LogP contribution >= 0.6 is 0 Å². The third kappa shape index (κ3) is 2.24. The maximum Gasteiger partial charge on any atom is 0.234 e. The number of rotatable bonds is 2. The van der Waals surface area contributed by atoms with Gasteiger partial charge in [0.05, 0.1) is 11.5 Å². The van der Waals surface area contributed by atoms with Crippen molar-refractivity contribution < 1.29 is 4.79 Å². The number of carbonyl (C=O) groups excluding carboxylic acids is 1. The molecule has 3 heteroatoms. The Balaban J connectivity index is 2.02. The van der Waals surface area contributed by atoms with E-state index in [-0.39, 0.29) is 11.9 Å². The van der Waals surface area contributed by atoms with Crippen LogP contribution in [0.1, 0.15) is 42.1 Å². The molecule has 1 aliphatic heterocycles. The summed E-state index contributed by atoms with van der Waals surface area (Å²) >= 11 is 0. The van der Waals surface area contributed by atoms with Gasteiger partial charge in [-0.3, -0.25) is 4.79 Å². The smallest absolute Gasteiger partial charge is 0.234 e. The van der Waals surface area contributed by atoms with E-state index in [4.69, 9.17) is 5.73 Å². The van der Waals surface area contributed by atoms with E-state index in [1.165, 1.54) is 5.56 Å². The molecule has 1 aliphatic rings. The molecule has 3 rings (SSSR count). The second kappa shape index (κ2) is 4.71. The van der Waals surface area contributed by atoms with Crippen LogP contribution in [0.2, 0.25) is 0 Å². The van der Waals surface area contributed by atoms with Crippen LogP contribution in [0.15, 0.2) is 42.5 Å². The molecule has 3 N–H and O–H groups in total. The summed E-state index contributed by atoms with van der Waals surface area (Å²) < 4.78 is 0. The monoisotopic (exact) mass is 280 g/mol. The summed E-state index contributed by atoms with van der Waals surface area (Å²) in [7, 11) is 0. The van der Waals surface area contributed by atoms with Crippen LogP contribution in [0, 0.1) is 6.92 Å². The number of fused-ring (bicyclic) bond motifs is 1. The molecule has 0 fully saturated rings. The average molecular weight is 280 g/mol. The molecule has 2 aromatic carbocycles. The van der Waals surface area contributed by atoms with Crippen LogP contribution in [0.5, 0.6) is 0 Å². The largest absolute Gasteiger partial charge is 0.325 e. The van der Waals surface area contributed by atoms with Crippen LogP contribution in [-0.4, -0.2) is 5.91 Å². The second-order valence-electron chi connectivity index (χ2n) is 6.28. The molecule has 3 nitrogen and oxygen atoms in total. The van der Waals surface area contributed by atoms with Crippen molar-refractivity contribution in [2.75, 3.05) is 5.32 Å². The predicted molar refractivity (Wildman–Crippen MR) is 85.3 cm³/mol. The Morgan fingerprint density at radius 2 is 1.81 bits per heavy atom. The number of anilines is 1. The average Bonchev–Trinajstić information content (AvgIpc) is 2.68. The van der Waals surface area contributed by atoms with Crippen molar-refractivity contribution in [2.45, 2.75) is 32.2 Å². The Morgan fingerprint density at radius 1 is 1.10 bits per heavy atom. The molecule has 1 atom stereocenters. The van der Waals surface area contributed by atoms with Crippen molar-refractivity contribution in [2.24, 2.45) is 5.73 Å². The topological polar surface area (TPSA) is 55.1 Å². The van der Waals surface area contributed by atoms with Gasteiger partial charge in [-0.25, -0.2) is 0 Å². The molecule has 21 heavy (non-hydrogen) atoms. The lowest BCUT2D eigenvalue weighted by Crippen LogP contribution is -2.27. The first-order valence-corrected chi connectivity index (χ1v) is 7.17. The summed E-state index contributed by atoms with van der Waals surface area (Å²) in [6.07, 6.45) is 0. The number of nitrogens with one attached hydrogen (secondary N) is 1. The Labute approximate surface area is 125 Å². The first-order valence-electron chi connectivity index (χ1n) is 7.17. The molecule has 0 bridgehead atoms. The lowest BCUT2D eigenvalue weighted by atomic mass is 9.84. The summed E-state index contributed by atoms with van der Waals surface area (Å²) in [6, 6.07) is 14.0. The third-order valence-electron chi connectivity index (χ3n) is 4.29. The van der Waals surface area contributed by atoms with Crippen LogP contribution in [0.25, 0.3) is 0 Å². The highest BCUT2D eigenvalue weighted by atomic mass is 16.2. The standard InChI is InChI=1S/C18H20N2O/c1-11-5-4-6-12(9-11)16(19)13-7-8-15-14(10-13)18(2,3)17(21)20-15/h4-10,16H,19H2,1-3H3,(H,20,21). The maximum atomic E-state index is 12.0. The summed E-state index contributed by atoms with van der Waals surface area (Å²) in [5.41, 5.74) is 11.1. The van der Waals surface area contributed by atoms with Gasteiger partial charge in [-0.05, 0) is 43.5 Å². The van der Waals surface area contributed by atoms with E-state index in [1.807, 2.05) is 38.1 Å². The first kappa shape index (κ1) is 13.8. The highest BCUT2D eigenvalue weighted by molar-refractivity contribution is 6.05. The summed E-state index contributed by atoms with van der Waals surface area (Å²) in [5, 5.41) is 2.92. The third-order valence-corrected chi connectivity index (χ3v) is 4.29. The fraction of sp³-hybridized carbons (Fsp3) is 0.278. The van der Waals surface area contributed by atoms with Crippen molar-refractivity contribution in [3.05, 3.63) is 64.7 Å². The van der Waals surface area contributed by atoms with Gasteiger partial charge in [-0.15, -0.1) is 0 Å². The maximum absolute atomic E-state index is 12.0. The van der Waals surface area contributed by atoms with E-state index in [0.717, 1.165) is 22.4 Å². The van der Waals surface area contributed by atoms with Gasteiger partial charge in [0.25, 0.3) is 0 Å². The Morgan fingerprint density at radius 3 is 2.52 bits per heavy atom. The van der Waals surface area contributed by atoms with Gasteiger partial charge in [0.1, 0.15) is 0 Å². The molecular weight excluding hydrogens is 260 g/mol. The normalized spacial score (nSPS) is 17.2. The van der Waals surface area contributed by atoms with Crippen LogP contribution in [-0.2, 0) is 10.2 Å². The van der Waals surface area contributed by atoms with Crippen molar-refractivity contribution >= 4 is 11.6 Å². The van der Waals surface area contributed by atoms with E-state index in [1.54, 1.807) is 0 Å². The Bertz CT molecular complexity index is 719. The highest BCUT2D eigenvalue weighted by Gasteiger charge is 2.38. The number of hydrogen-bond donors (Lipinski definition) is 2. The van der Waals surface area contributed by atoms with E-state index < -0.39 is 5.41 Å². The van der Waals surface area contributed by atoms with Gasteiger partial charge in [-0.1, -0.05) is 42.0 Å². The fourth-order valence-corrected chi connectivity index (χ4v) is 2.84. The minimum absolute atomic E-state index is 0.0405. The zero-order valence-electron chi connectivity index (χ0n) is 12.6. The van der Waals surface area contributed by atoms with Gasteiger partial charge in [0.15, 0.2) is 0 Å². The minimum Gasteiger partial charge on any atom is -0.325 e. The van der Waals surface area contributed by atoms with Crippen molar-refractivity contribution in [1.82, 2.24) is 0 Å². The van der Waals surface area contributed by atoms with Crippen LogP contribution < -0.4 is 11.1 Å². The SMILES string of the molecule is Cc1cccc(C(N)c2ccc3c(c2)C(C)(C)C(=O)N3)c1. The lowest BCUT2D eigenvalue weighted by Gasteiger charge is -2.18. The Hall–Kier alpha value is -2.13. The summed E-state index contributed by atoms with van der Waals surface area (Å²) in [6.45, 7) is 5.94. The molecule has 2 aromatic rings. The minimum atomic E-state index is -0.502. The number of amides is 1. The quantitative estimate of drug-likeness (QED) is 0.887. The van der Waals surface area contributed by atoms with Crippen molar-refractivity contribution in [1.29, 1.82) is 0 Å². The van der Waals surface area contributed by atoms with Crippen LogP contribution in [0.4, 0.5) is 5.69 Å². The number of aryl methyl sites for hydroxylation is 1. The molecule has 0 aromatic heterocycles. The molecular formula is C18H20N2O. The number of hydrogen-bond acceptors (Lipinski definition) is 2. The van der Waals surface area contributed by atoms with Gasteiger partial charge < -0.3 is 11.1 Å². The van der Waals surface area contributed by atoms with E-state index in [2.05, 4.69) is 30.4 Å². The zero-order chi connectivity index (χ0) is 15.2. The van der Waals surface area contributed by atoms with Crippen molar-refractivity contribution in [3.63, 3.8) is 0 Å². The Kier molecular flexibility index (Phi) is 3.10. The molecule has 0 aliphatic carbocycles. The fourth-order valence-electron chi connectivity index (χ4n) is 2.84. The van der Waals surface area contributed by atoms with E-state index in [0.29, 0.717) is 0 Å². The van der Waals surface area contributed by atoms with Gasteiger partial charge in [0, 0.05) is 5.69 Å². The molecule has 0 saturated carbocycles.